The Kier molecular flexibility index (Phi) is 6.70. The van der Waals surface area contributed by atoms with Crippen molar-refractivity contribution in [1.29, 1.82) is 0 Å². The van der Waals surface area contributed by atoms with E-state index in [4.69, 9.17) is 5.73 Å². The number of rotatable bonds is 7. The molecule has 0 aromatic rings. The molecule has 0 fully saturated rings. The Morgan fingerprint density at radius 2 is 1.87 bits per heavy atom. The van der Waals surface area contributed by atoms with Gasteiger partial charge in [-0.3, -0.25) is 9.59 Å². The summed E-state index contributed by atoms with van der Waals surface area (Å²) in [6.45, 7) is 6.09. The molecule has 5 nitrogen and oxygen atoms in total. The molecule has 0 heterocycles. The third-order valence-electron chi connectivity index (χ3n) is 2.14. The van der Waals surface area contributed by atoms with Gasteiger partial charge in [0.15, 0.2) is 0 Å². The smallest absolute Gasteiger partial charge is 0.234 e. The van der Waals surface area contributed by atoms with Crippen molar-refractivity contribution in [3.05, 3.63) is 0 Å². The summed E-state index contributed by atoms with van der Waals surface area (Å²) < 4.78 is 0. The molecule has 0 rings (SSSR count). The van der Waals surface area contributed by atoms with Gasteiger partial charge in [-0.25, -0.2) is 0 Å². The first-order valence-corrected chi connectivity index (χ1v) is 5.26. The predicted molar refractivity (Wildman–Crippen MR) is 59.2 cm³/mol. The maximum atomic E-state index is 11.3. The molecular formula is C10H21N3O2. The van der Waals surface area contributed by atoms with Gasteiger partial charge in [-0.2, -0.15) is 0 Å². The first kappa shape index (κ1) is 13.9. The average Bonchev–Trinajstić information content (AvgIpc) is 2.12. The molecule has 0 aliphatic rings. The van der Waals surface area contributed by atoms with Crippen molar-refractivity contribution in [2.45, 2.75) is 45.7 Å². The molecular weight excluding hydrogens is 194 g/mol. The Labute approximate surface area is 90.8 Å². The zero-order chi connectivity index (χ0) is 11.8. The Morgan fingerprint density at radius 3 is 2.33 bits per heavy atom. The van der Waals surface area contributed by atoms with E-state index < -0.39 is 5.91 Å². The standard InChI is InChI=1S/C10H21N3O2/c1-4-7(2)12-6-10(15)13-8(3)5-9(11)14/h7-8,12H,4-6H2,1-3H3,(H2,11,14)(H,13,15). The topological polar surface area (TPSA) is 84.2 Å². The third kappa shape index (κ3) is 7.93. The summed E-state index contributed by atoms with van der Waals surface area (Å²) in [4.78, 5) is 21.9. The third-order valence-corrected chi connectivity index (χ3v) is 2.14. The van der Waals surface area contributed by atoms with Crippen LogP contribution in [0.4, 0.5) is 0 Å². The summed E-state index contributed by atoms with van der Waals surface area (Å²) in [5.41, 5.74) is 5.01. The van der Waals surface area contributed by atoms with E-state index in [0.29, 0.717) is 6.04 Å². The van der Waals surface area contributed by atoms with E-state index >= 15 is 0 Å². The molecule has 0 spiro atoms. The van der Waals surface area contributed by atoms with E-state index in [2.05, 4.69) is 10.6 Å². The highest BCUT2D eigenvalue weighted by Gasteiger charge is 2.09. The van der Waals surface area contributed by atoms with Crippen LogP contribution in [0.15, 0.2) is 0 Å². The van der Waals surface area contributed by atoms with Gasteiger partial charge in [-0.1, -0.05) is 6.92 Å². The van der Waals surface area contributed by atoms with Crippen LogP contribution in [0.1, 0.15) is 33.6 Å². The number of carbonyl (C=O) groups is 2. The number of primary amides is 1. The molecule has 0 aliphatic carbocycles. The number of amides is 2. The monoisotopic (exact) mass is 215 g/mol. The average molecular weight is 215 g/mol. The summed E-state index contributed by atoms with van der Waals surface area (Å²) >= 11 is 0. The van der Waals surface area contributed by atoms with Crippen LogP contribution in [-0.4, -0.2) is 30.4 Å². The van der Waals surface area contributed by atoms with E-state index in [1.165, 1.54) is 0 Å². The van der Waals surface area contributed by atoms with Crippen LogP contribution in [-0.2, 0) is 9.59 Å². The number of hydrogen-bond donors (Lipinski definition) is 3. The van der Waals surface area contributed by atoms with Gasteiger partial charge in [0.25, 0.3) is 0 Å². The molecule has 5 heteroatoms. The maximum Gasteiger partial charge on any atom is 0.234 e. The van der Waals surface area contributed by atoms with Crippen LogP contribution >= 0.6 is 0 Å². The quantitative estimate of drug-likeness (QED) is 0.548. The fourth-order valence-corrected chi connectivity index (χ4v) is 1.09. The largest absolute Gasteiger partial charge is 0.370 e. The molecule has 0 aromatic heterocycles. The van der Waals surface area contributed by atoms with Gasteiger partial charge in [0.2, 0.25) is 11.8 Å². The second kappa shape index (κ2) is 7.23. The summed E-state index contributed by atoms with van der Waals surface area (Å²) in [6.07, 6.45) is 1.15. The van der Waals surface area contributed by atoms with Crippen molar-refractivity contribution in [2.75, 3.05) is 6.54 Å². The van der Waals surface area contributed by atoms with Crippen LogP contribution in [0.5, 0.6) is 0 Å². The Morgan fingerprint density at radius 1 is 1.27 bits per heavy atom. The van der Waals surface area contributed by atoms with E-state index in [1.54, 1.807) is 6.92 Å². The number of carbonyl (C=O) groups excluding carboxylic acids is 2. The minimum Gasteiger partial charge on any atom is -0.370 e. The maximum absolute atomic E-state index is 11.3. The Hall–Kier alpha value is -1.10. The minimum atomic E-state index is -0.405. The Balaban J connectivity index is 3.69. The first-order valence-electron chi connectivity index (χ1n) is 5.26. The van der Waals surface area contributed by atoms with Gasteiger partial charge < -0.3 is 16.4 Å². The van der Waals surface area contributed by atoms with Gasteiger partial charge >= 0.3 is 0 Å². The number of hydrogen-bond acceptors (Lipinski definition) is 3. The predicted octanol–water partition coefficient (Wildman–Crippen LogP) is -0.245. The highest BCUT2D eigenvalue weighted by Crippen LogP contribution is 1.89. The first-order chi connectivity index (χ1) is 6.95. The second-order valence-corrected chi connectivity index (χ2v) is 3.83. The fourth-order valence-electron chi connectivity index (χ4n) is 1.09. The molecule has 0 aliphatic heterocycles. The van der Waals surface area contributed by atoms with E-state index in [1.807, 2.05) is 13.8 Å². The van der Waals surface area contributed by atoms with Crippen molar-refractivity contribution in [3.8, 4) is 0 Å². The van der Waals surface area contributed by atoms with Crippen molar-refractivity contribution >= 4 is 11.8 Å². The zero-order valence-corrected chi connectivity index (χ0v) is 9.67. The van der Waals surface area contributed by atoms with Crippen molar-refractivity contribution in [1.82, 2.24) is 10.6 Å². The number of nitrogens with two attached hydrogens (primary N) is 1. The molecule has 2 unspecified atom stereocenters. The van der Waals surface area contributed by atoms with Gasteiger partial charge in [0.05, 0.1) is 6.54 Å². The molecule has 2 atom stereocenters. The van der Waals surface area contributed by atoms with Crippen LogP contribution < -0.4 is 16.4 Å². The van der Waals surface area contributed by atoms with Crippen LogP contribution in [0.3, 0.4) is 0 Å². The highest BCUT2D eigenvalue weighted by atomic mass is 16.2. The molecule has 4 N–H and O–H groups in total. The highest BCUT2D eigenvalue weighted by molar-refractivity contribution is 5.80. The Bertz CT molecular complexity index is 219. The normalized spacial score (nSPS) is 14.3. The molecule has 2 amide bonds. The van der Waals surface area contributed by atoms with Gasteiger partial charge in [0, 0.05) is 18.5 Å². The zero-order valence-electron chi connectivity index (χ0n) is 9.67. The van der Waals surface area contributed by atoms with E-state index in [0.717, 1.165) is 6.42 Å². The molecule has 88 valence electrons. The van der Waals surface area contributed by atoms with E-state index in [9.17, 15) is 9.59 Å². The van der Waals surface area contributed by atoms with Gasteiger partial charge in [-0.05, 0) is 20.3 Å². The SMILES string of the molecule is CCC(C)NCC(=O)NC(C)CC(N)=O. The van der Waals surface area contributed by atoms with Crippen LogP contribution in [0.25, 0.3) is 0 Å². The van der Waals surface area contributed by atoms with Crippen molar-refractivity contribution < 1.29 is 9.59 Å². The lowest BCUT2D eigenvalue weighted by Gasteiger charge is -2.14. The van der Waals surface area contributed by atoms with Gasteiger partial charge in [0.1, 0.15) is 0 Å². The fraction of sp³-hybridized carbons (Fsp3) is 0.800. The molecule has 0 bridgehead atoms. The summed E-state index contributed by atoms with van der Waals surface area (Å²) in [5, 5.41) is 5.75. The van der Waals surface area contributed by atoms with Crippen molar-refractivity contribution in [2.24, 2.45) is 5.73 Å². The summed E-state index contributed by atoms with van der Waals surface area (Å²) in [7, 11) is 0. The molecule has 0 saturated carbocycles. The van der Waals surface area contributed by atoms with Crippen molar-refractivity contribution in [3.63, 3.8) is 0 Å². The molecule has 0 radical (unpaired) electrons. The summed E-state index contributed by atoms with van der Waals surface area (Å²) in [6, 6.07) is 0.121. The lowest BCUT2D eigenvalue weighted by Crippen LogP contribution is -2.42. The molecule has 0 saturated heterocycles. The number of nitrogens with one attached hydrogen (secondary N) is 2. The van der Waals surface area contributed by atoms with Crippen LogP contribution in [0.2, 0.25) is 0 Å². The molecule has 0 aromatic carbocycles. The second-order valence-electron chi connectivity index (χ2n) is 3.83. The lowest BCUT2D eigenvalue weighted by molar-refractivity contribution is -0.121. The van der Waals surface area contributed by atoms with E-state index in [-0.39, 0.29) is 24.9 Å². The summed E-state index contributed by atoms with van der Waals surface area (Å²) in [5.74, 6) is -0.512. The minimum absolute atomic E-state index is 0.107. The van der Waals surface area contributed by atoms with Crippen LogP contribution in [0, 0.1) is 0 Å². The van der Waals surface area contributed by atoms with Gasteiger partial charge in [-0.15, -0.1) is 0 Å². The lowest BCUT2D eigenvalue weighted by atomic mass is 10.2. The molecule has 15 heavy (non-hydrogen) atoms.